The van der Waals surface area contributed by atoms with E-state index in [9.17, 15) is 9.90 Å². The number of hydrogen-bond acceptors (Lipinski definition) is 2. The van der Waals surface area contributed by atoms with Gasteiger partial charge < -0.3 is 5.11 Å². The fourth-order valence-corrected chi connectivity index (χ4v) is 1.42. The summed E-state index contributed by atoms with van der Waals surface area (Å²) in [6, 6.07) is 0. The zero-order valence-electron chi connectivity index (χ0n) is 9.10. The molecule has 0 saturated heterocycles. The lowest BCUT2D eigenvalue weighted by Gasteiger charge is -2.24. The predicted molar refractivity (Wildman–Crippen MR) is 54.7 cm³/mol. The van der Waals surface area contributed by atoms with Crippen LogP contribution in [0.1, 0.15) is 59.3 Å². The summed E-state index contributed by atoms with van der Waals surface area (Å²) in [5.41, 5.74) is -1.04. The third-order valence-corrected chi connectivity index (χ3v) is 2.54. The molecule has 0 spiro atoms. The van der Waals surface area contributed by atoms with E-state index in [1.54, 1.807) is 0 Å². The highest BCUT2D eigenvalue weighted by atomic mass is 16.3. The van der Waals surface area contributed by atoms with Crippen molar-refractivity contribution in [2.45, 2.75) is 64.9 Å². The molecule has 0 heterocycles. The predicted octanol–water partition coefficient (Wildman–Crippen LogP) is 2.69. The number of Topliss-reactive ketones (excluding diaryl/α,β-unsaturated/α-hetero) is 1. The van der Waals surface area contributed by atoms with Crippen LogP contribution in [-0.4, -0.2) is 16.5 Å². The standard InChI is InChI=1S/C11H22O2/c1-4-6-8-11(13,10(3)12)9-7-5-2/h13H,4-9H2,1-3H3. The second kappa shape index (κ2) is 6.14. The summed E-state index contributed by atoms with van der Waals surface area (Å²) in [7, 11) is 0. The molecule has 2 heteroatoms. The van der Waals surface area contributed by atoms with E-state index < -0.39 is 5.60 Å². The Balaban J connectivity index is 4.08. The van der Waals surface area contributed by atoms with Gasteiger partial charge in [0.05, 0.1) is 0 Å². The van der Waals surface area contributed by atoms with E-state index in [0.29, 0.717) is 12.8 Å². The Kier molecular flexibility index (Phi) is 5.97. The van der Waals surface area contributed by atoms with Crippen LogP contribution in [0.15, 0.2) is 0 Å². The van der Waals surface area contributed by atoms with Gasteiger partial charge in [0, 0.05) is 0 Å². The molecule has 13 heavy (non-hydrogen) atoms. The van der Waals surface area contributed by atoms with Crippen molar-refractivity contribution < 1.29 is 9.90 Å². The van der Waals surface area contributed by atoms with Gasteiger partial charge in [0.2, 0.25) is 0 Å². The molecular formula is C11H22O2. The fraction of sp³-hybridized carbons (Fsp3) is 0.909. The summed E-state index contributed by atoms with van der Waals surface area (Å²) in [5.74, 6) is -0.0746. The van der Waals surface area contributed by atoms with Crippen LogP contribution in [-0.2, 0) is 4.79 Å². The minimum absolute atomic E-state index is 0.0746. The Morgan fingerprint density at radius 2 is 1.54 bits per heavy atom. The van der Waals surface area contributed by atoms with Crippen LogP contribution in [0.5, 0.6) is 0 Å². The molecule has 0 aromatic rings. The molecule has 0 radical (unpaired) electrons. The van der Waals surface area contributed by atoms with Crippen LogP contribution in [0, 0.1) is 0 Å². The van der Waals surface area contributed by atoms with Gasteiger partial charge in [0.25, 0.3) is 0 Å². The topological polar surface area (TPSA) is 37.3 Å². The SMILES string of the molecule is CCCCC(O)(CCCC)C(C)=O. The van der Waals surface area contributed by atoms with Gasteiger partial charge in [-0.25, -0.2) is 0 Å². The summed E-state index contributed by atoms with van der Waals surface area (Å²) >= 11 is 0. The molecule has 0 aliphatic carbocycles. The third kappa shape index (κ3) is 4.41. The monoisotopic (exact) mass is 186 g/mol. The van der Waals surface area contributed by atoms with E-state index in [2.05, 4.69) is 13.8 Å². The molecule has 1 N–H and O–H groups in total. The first-order valence-corrected chi connectivity index (χ1v) is 5.30. The van der Waals surface area contributed by atoms with Crippen LogP contribution in [0.4, 0.5) is 0 Å². The van der Waals surface area contributed by atoms with Gasteiger partial charge in [-0.15, -0.1) is 0 Å². The number of carbonyl (C=O) groups excluding carboxylic acids is 1. The Hall–Kier alpha value is -0.370. The van der Waals surface area contributed by atoms with Crippen molar-refractivity contribution in [3.63, 3.8) is 0 Å². The maximum Gasteiger partial charge on any atom is 0.161 e. The van der Waals surface area contributed by atoms with Gasteiger partial charge in [0.1, 0.15) is 5.60 Å². The first-order valence-electron chi connectivity index (χ1n) is 5.30. The molecule has 78 valence electrons. The summed E-state index contributed by atoms with van der Waals surface area (Å²) in [6.45, 7) is 5.63. The van der Waals surface area contributed by atoms with Crippen LogP contribution < -0.4 is 0 Å². The molecule has 2 nitrogen and oxygen atoms in total. The minimum Gasteiger partial charge on any atom is -0.382 e. The number of carbonyl (C=O) groups is 1. The molecule has 0 aromatic heterocycles. The summed E-state index contributed by atoms with van der Waals surface area (Å²) in [6.07, 6.45) is 5.17. The van der Waals surface area contributed by atoms with Crippen LogP contribution in [0.2, 0.25) is 0 Å². The lowest BCUT2D eigenvalue weighted by molar-refractivity contribution is -0.136. The molecule has 0 atom stereocenters. The number of hydrogen-bond donors (Lipinski definition) is 1. The third-order valence-electron chi connectivity index (χ3n) is 2.54. The van der Waals surface area contributed by atoms with E-state index >= 15 is 0 Å². The van der Waals surface area contributed by atoms with Crippen molar-refractivity contribution >= 4 is 5.78 Å². The number of aliphatic hydroxyl groups is 1. The second-order valence-electron chi connectivity index (χ2n) is 3.79. The van der Waals surface area contributed by atoms with E-state index in [-0.39, 0.29) is 5.78 Å². The van der Waals surface area contributed by atoms with Crippen molar-refractivity contribution in [3.05, 3.63) is 0 Å². The molecule has 0 aliphatic rings. The highest BCUT2D eigenvalue weighted by Crippen LogP contribution is 2.22. The second-order valence-corrected chi connectivity index (χ2v) is 3.79. The highest BCUT2D eigenvalue weighted by molar-refractivity contribution is 5.84. The Labute approximate surface area is 81.3 Å². The van der Waals surface area contributed by atoms with Crippen molar-refractivity contribution in [3.8, 4) is 0 Å². The first-order chi connectivity index (χ1) is 6.06. The molecule has 0 saturated carbocycles. The zero-order chi connectivity index (χ0) is 10.3. The van der Waals surface area contributed by atoms with Crippen molar-refractivity contribution in [1.82, 2.24) is 0 Å². The first kappa shape index (κ1) is 12.6. The van der Waals surface area contributed by atoms with E-state index in [0.717, 1.165) is 25.7 Å². The number of unbranched alkanes of at least 4 members (excludes halogenated alkanes) is 2. The molecule has 0 fully saturated rings. The molecule has 0 unspecified atom stereocenters. The number of rotatable bonds is 7. The minimum atomic E-state index is -1.04. The normalized spacial score (nSPS) is 11.7. The average Bonchev–Trinajstić information content (AvgIpc) is 2.11. The van der Waals surface area contributed by atoms with Gasteiger partial charge in [-0.3, -0.25) is 4.79 Å². The molecule has 0 rings (SSSR count). The Morgan fingerprint density at radius 3 is 1.77 bits per heavy atom. The van der Waals surface area contributed by atoms with Gasteiger partial charge >= 0.3 is 0 Å². The van der Waals surface area contributed by atoms with Crippen molar-refractivity contribution in [2.24, 2.45) is 0 Å². The maximum atomic E-state index is 11.2. The Morgan fingerprint density at radius 1 is 1.15 bits per heavy atom. The summed E-state index contributed by atoms with van der Waals surface area (Å²) in [5, 5.41) is 10.0. The molecule has 0 aliphatic heterocycles. The lowest BCUT2D eigenvalue weighted by Crippen LogP contribution is -2.36. The van der Waals surface area contributed by atoms with Crippen LogP contribution in [0.3, 0.4) is 0 Å². The average molecular weight is 186 g/mol. The Bertz CT molecular complexity index is 144. The quantitative estimate of drug-likeness (QED) is 0.663. The van der Waals surface area contributed by atoms with E-state index in [1.165, 1.54) is 6.92 Å². The van der Waals surface area contributed by atoms with Crippen LogP contribution in [0.25, 0.3) is 0 Å². The van der Waals surface area contributed by atoms with Gasteiger partial charge in [-0.2, -0.15) is 0 Å². The largest absolute Gasteiger partial charge is 0.382 e. The molecule has 0 amide bonds. The number of ketones is 1. The summed E-state index contributed by atoms with van der Waals surface area (Å²) < 4.78 is 0. The van der Waals surface area contributed by atoms with Crippen molar-refractivity contribution in [1.29, 1.82) is 0 Å². The smallest absolute Gasteiger partial charge is 0.161 e. The molecule has 0 aromatic carbocycles. The maximum absolute atomic E-state index is 11.2. The van der Waals surface area contributed by atoms with Gasteiger partial charge in [0.15, 0.2) is 5.78 Å². The zero-order valence-corrected chi connectivity index (χ0v) is 9.10. The molecular weight excluding hydrogens is 164 g/mol. The van der Waals surface area contributed by atoms with Crippen molar-refractivity contribution in [2.75, 3.05) is 0 Å². The van der Waals surface area contributed by atoms with Gasteiger partial charge in [-0.05, 0) is 19.8 Å². The van der Waals surface area contributed by atoms with Gasteiger partial charge in [-0.1, -0.05) is 39.5 Å². The van der Waals surface area contributed by atoms with Crippen LogP contribution >= 0.6 is 0 Å². The summed E-state index contributed by atoms with van der Waals surface area (Å²) in [4.78, 5) is 11.2. The lowest BCUT2D eigenvalue weighted by atomic mass is 9.87. The molecule has 0 bridgehead atoms. The fourth-order valence-electron chi connectivity index (χ4n) is 1.42. The highest BCUT2D eigenvalue weighted by Gasteiger charge is 2.30. The van der Waals surface area contributed by atoms with E-state index in [1.807, 2.05) is 0 Å². The van der Waals surface area contributed by atoms with E-state index in [4.69, 9.17) is 0 Å².